The van der Waals surface area contributed by atoms with Gasteiger partial charge in [0, 0.05) is 5.56 Å². The molecule has 1 aromatic carbocycles. The minimum Gasteiger partial charge on any atom is -0.344 e. The molecule has 0 spiro atoms. The lowest BCUT2D eigenvalue weighted by Crippen LogP contribution is -1.91. The van der Waals surface area contributed by atoms with Crippen molar-refractivity contribution in [3.63, 3.8) is 0 Å². The number of benzene rings is 1. The van der Waals surface area contributed by atoms with Gasteiger partial charge >= 0.3 is 0 Å². The highest BCUT2D eigenvalue weighted by Crippen LogP contribution is 2.30. The molecule has 0 aliphatic heterocycles. The molecule has 3 rings (SSSR count). The highest BCUT2D eigenvalue weighted by atomic mass is 32.1. The number of rotatable bonds is 2. The van der Waals surface area contributed by atoms with Gasteiger partial charge in [-0.2, -0.15) is 5.26 Å². The standard InChI is InChI=1S/C16H10N2S2/c17-10-13-12(11-5-2-1-3-6-11)9-14(18-16(13)19)15-7-4-8-20-15/h1-9H,(H,18,19). The zero-order valence-electron chi connectivity index (χ0n) is 10.5. The Hall–Kier alpha value is -2.22. The number of thiophene rings is 1. The average molecular weight is 294 g/mol. The molecule has 2 aromatic heterocycles. The highest BCUT2D eigenvalue weighted by molar-refractivity contribution is 7.71. The van der Waals surface area contributed by atoms with E-state index in [2.05, 4.69) is 11.1 Å². The van der Waals surface area contributed by atoms with E-state index >= 15 is 0 Å². The first kappa shape index (κ1) is 12.8. The van der Waals surface area contributed by atoms with Gasteiger partial charge < -0.3 is 4.98 Å². The molecule has 0 saturated heterocycles. The number of nitrogens with one attached hydrogen (secondary N) is 1. The monoisotopic (exact) mass is 294 g/mol. The molecule has 96 valence electrons. The molecule has 0 atom stereocenters. The fraction of sp³-hybridized carbons (Fsp3) is 0. The van der Waals surface area contributed by atoms with Gasteiger partial charge in [0.05, 0.1) is 16.1 Å². The molecule has 0 amide bonds. The summed E-state index contributed by atoms with van der Waals surface area (Å²) in [6, 6.07) is 18.1. The number of hydrogen-bond donors (Lipinski definition) is 1. The predicted molar refractivity (Wildman–Crippen MR) is 85.1 cm³/mol. The summed E-state index contributed by atoms with van der Waals surface area (Å²) >= 11 is 6.97. The number of aromatic amines is 1. The Labute approximate surface area is 126 Å². The van der Waals surface area contributed by atoms with Crippen LogP contribution in [0.5, 0.6) is 0 Å². The van der Waals surface area contributed by atoms with Crippen LogP contribution in [0.25, 0.3) is 21.7 Å². The number of H-pyrrole nitrogens is 1. The van der Waals surface area contributed by atoms with Gasteiger partial charge in [0.25, 0.3) is 0 Å². The van der Waals surface area contributed by atoms with Gasteiger partial charge in [-0.15, -0.1) is 11.3 Å². The van der Waals surface area contributed by atoms with E-state index in [4.69, 9.17) is 12.2 Å². The molecule has 2 nitrogen and oxygen atoms in total. The quantitative estimate of drug-likeness (QED) is 0.675. The van der Waals surface area contributed by atoms with Crippen molar-refractivity contribution in [2.45, 2.75) is 0 Å². The van der Waals surface area contributed by atoms with Crippen molar-refractivity contribution < 1.29 is 0 Å². The first-order chi connectivity index (χ1) is 9.79. The first-order valence-corrected chi connectivity index (χ1v) is 7.35. The van der Waals surface area contributed by atoms with Crippen LogP contribution in [-0.4, -0.2) is 4.98 Å². The maximum Gasteiger partial charge on any atom is 0.122 e. The van der Waals surface area contributed by atoms with Crippen LogP contribution in [0, 0.1) is 16.0 Å². The van der Waals surface area contributed by atoms with Crippen LogP contribution in [-0.2, 0) is 0 Å². The maximum absolute atomic E-state index is 9.35. The van der Waals surface area contributed by atoms with Crippen LogP contribution in [0.15, 0.2) is 53.9 Å². The molecule has 20 heavy (non-hydrogen) atoms. The minimum absolute atomic E-state index is 0.484. The minimum atomic E-state index is 0.484. The SMILES string of the molecule is N#Cc1c(-c2ccccc2)cc(-c2cccs2)[nH]c1=S. The Balaban J connectivity index is 2.28. The molecule has 1 N–H and O–H groups in total. The number of pyridine rings is 1. The van der Waals surface area contributed by atoms with E-state index in [-0.39, 0.29) is 0 Å². The molecule has 4 heteroatoms. The van der Waals surface area contributed by atoms with Crippen molar-refractivity contribution in [2.75, 3.05) is 0 Å². The lowest BCUT2D eigenvalue weighted by atomic mass is 10.0. The Kier molecular flexibility index (Phi) is 3.46. The summed E-state index contributed by atoms with van der Waals surface area (Å²) in [7, 11) is 0. The molecule has 0 radical (unpaired) electrons. The van der Waals surface area contributed by atoms with Gasteiger partial charge in [0.1, 0.15) is 10.7 Å². The lowest BCUT2D eigenvalue weighted by Gasteiger charge is -2.07. The second kappa shape index (κ2) is 5.41. The first-order valence-electron chi connectivity index (χ1n) is 6.06. The number of aromatic nitrogens is 1. The van der Waals surface area contributed by atoms with Gasteiger partial charge in [-0.05, 0) is 23.1 Å². The van der Waals surface area contributed by atoms with E-state index in [9.17, 15) is 5.26 Å². The van der Waals surface area contributed by atoms with Gasteiger partial charge in [-0.25, -0.2) is 0 Å². The van der Waals surface area contributed by atoms with Gasteiger partial charge in [-0.3, -0.25) is 0 Å². The van der Waals surface area contributed by atoms with Crippen LogP contribution < -0.4 is 0 Å². The zero-order valence-corrected chi connectivity index (χ0v) is 12.1. The summed E-state index contributed by atoms with van der Waals surface area (Å²) in [5, 5.41) is 11.4. The van der Waals surface area contributed by atoms with E-state index in [1.165, 1.54) is 0 Å². The predicted octanol–water partition coefficient (Wildman–Crippen LogP) is 5.01. The normalized spacial score (nSPS) is 10.2. The highest BCUT2D eigenvalue weighted by Gasteiger charge is 2.10. The van der Waals surface area contributed by atoms with E-state index < -0.39 is 0 Å². The second-order valence-electron chi connectivity index (χ2n) is 4.26. The number of hydrogen-bond acceptors (Lipinski definition) is 3. The molecule has 0 aliphatic rings. The summed E-state index contributed by atoms with van der Waals surface area (Å²) in [5.41, 5.74) is 3.34. The third kappa shape index (κ3) is 2.29. The fourth-order valence-corrected chi connectivity index (χ4v) is 3.04. The average Bonchev–Trinajstić information content (AvgIpc) is 3.01. The van der Waals surface area contributed by atoms with E-state index in [0.29, 0.717) is 10.2 Å². The lowest BCUT2D eigenvalue weighted by molar-refractivity contribution is 1.28. The second-order valence-corrected chi connectivity index (χ2v) is 5.61. The van der Waals surface area contributed by atoms with E-state index in [1.807, 2.05) is 53.9 Å². The number of nitrogens with zero attached hydrogens (tertiary/aromatic N) is 1. The van der Waals surface area contributed by atoms with Crippen LogP contribution in [0.1, 0.15) is 5.56 Å². The summed E-state index contributed by atoms with van der Waals surface area (Å²) in [6.07, 6.45) is 0. The van der Waals surface area contributed by atoms with Crippen LogP contribution in [0.3, 0.4) is 0 Å². The van der Waals surface area contributed by atoms with Gasteiger partial charge in [-0.1, -0.05) is 48.6 Å². The largest absolute Gasteiger partial charge is 0.344 e. The van der Waals surface area contributed by atoms with E-state index in [0.717, 1.165) is 21.7 Å². The third-order valence-electron chi connectivity index (χ3n) is 3.02. The van der Waals surface area contributed by atoms with Crippen molar-refractivity contribution in [1.29, 1.82) is 5.26 Å². The summed E-state index contributed by atoms with van der Waals surface area (Å²) in [5.74, 6) is 0. The summed E-state index contributed by atoms with van der Waals surface area (Å²) in [4.78, 5) is 4.25. The van der Waals surface area contributed by atoms with Crippen molar-refractivity contribution >= 4 is 23.6 Å². The molecular formula is C16H10N2S2. The van der Waals surface area contributed by atoms with Crippen molar-refractivity contribution in [3.8, 4) is 27.8 Å². The smallest absolute Gasteiger partial charge is 0.122 e. The molecule has 3 aromatic rings. The molecule has 0 fully saturated rings. The molecule has 0 saturated carbocycles. The maximum atomic E-state index is 9.35. The molecular weight excluding hydrogens is 284 g/mol. The van der Waals surface area contributed by atoms with Gasteiger partial charge in [0.15, 0.2) is 0 Å². The van der Waals surface area contributed by atoms with Crippen LogP contribution in [0.2, 0.25) is 0 Å². The van der Waals surface area contributed by atoms with Crippen molar-refractivity contribution in [2.24, 2.45) is 0 Å². The summed E-state index contributed by atoms with van der Waals surface area (Å²) < 4.78 is 0.484. The molecule has 0 bridgehead atoms. The number of nitriles is 1. The third-order valence-corrected chi connectivity index (χ3v) is 4.23. The fourth-order valence-electron chi connectivity index (χ4n) is 2.08. The topological polar surface area (TPSA) is 39.6 Å². The van der Waals surface area contributed by atoms with Crippen molar-refractivity contribution in [1.82, 2.24) is 4.98 Å². The van der Waals surface area contributed by atoms with Crippen LogP contribution in [0.4, 0.5) is 0 Å². The molecule has 0 aliphatic carbocycles. The Morgan fingerprint density at radius 2 is 1.90 bits per heavy atom. The Bertz CT molecular complexity index is 825. The van der Waals surface area contributed by atoms with Gasteiger partial charge in [0.2, 0.25) is 0 Å². The molecule has 0 unspecified atom stereocenters. The Morgan fingerprint density at radius 3 is 2.55 bits per heavy atom. The van der Waals surface area contributed by atoms with Crippen LogP contribution >= 0.6 is 23.6 Å². The zero-order chi connectivity index (χ0) is 13.9. The van der Waals surface area contributed by atoms with E-state index in [1.54, 1.807) is 11.3 Å². The Morgan fingerprint density at radius 1 is 1.10 bits per heavy atom. The molecule has 2 heterocycles. The summed E-state index contributed by atoms with van der Waals surface area (Å²) in [6.45, 7) is 0. The van der Waals surface area contributed by atoms with Crippen molar-refractivity contribution in [3.05, 3.63) is 64.1 Å².